The first kappa shape index (κ1) is 21.6. The lowest BCUT2D eigenvalue weighted by atomic mass is 10.1. The van der Waals surface area contributed by atoms with Gasteiger partial charge in [0, 0.05) is 24.7 Å². The largest absolute Gasteiger partial charge is 0.361 e. The summed E-state index contributed by atoms with van der Waals surface area (Å²) < 4.78 is 36.3. The van der Waals surface area contributed by atoms with Crippen molar-refractivity contribution in [3.8, 4) is 0 Å². The van der Waals surface area contributed by atoms with Crippen LogP contribution in [-0.4, -0.2) is 38.2 Å². The zero-order valence-corrected chi connectivity index (χ0v) is 19.7. The van der Waals surface area contributed by atoms with Crippen LogP contribution in [0.4, 0.5) is 0 Å². The second kappa shape index (κ2) is 7.71. The maximum Gasteiger partial charge on any atom is 0.241 e. The third-order valence-electron chi connectivity index (χ3n) is 3.63. The molecule has 2 rings (SSSR count). The Hall–Kier alpha value is -0.743. The zero-order chi connectivity index (χ0) is 19.8. The van der Waals surface area contributed by atoms with Gasteiger partial charge in [-0.3, -0.25) is 0 Å². The van der Waals surface area contributed by atoms with Crippen LogP contribution in [-0.2, 0) is 21.5 Å². The Morgan fingerprint density at radius 1 is 1.27 bits per heavy atom. The number of sulfonamides is 1. The number of rotatable bonds is 7. The van der Waals surface area contributed by atoms with Gasteiger partial charge in [0.1, 0.15) is 12.2 Å². The second-order valence-corrected chi connectivity index (χ2v) is 16.8. The highest BCUT2D eigenvalue weighted by Crippen LogP contribution is 2.27. The van der Waals surface area contributed by atoms with Crippen LogP contribution < -0.4 is 4.72 Å². The van der Waals surface area contributed by atoms with Gasteiger partial charge in [-0.25, -0.2) is 18.1 Å². The third kappa shape index (κ3) is 5.88. The summed E-state index contributed by atoms with van der Waals surface area (Å²) in [5.41, 5.74) is 0.885. The number of benzene rings is 1. The minimum Gasteiger partial charge on any atom is -0.361 e. The molecule has 0 aliphatic rings. The van der Waals surface area contributed by atoms with E-state index in [0.29, 0.717) is 23.3 Å². The summed E-state index contributed by atoms with van der Waals surface area (Å²) in [4.78, 5) is 4.58. The van der Waals surface area contributed by atoms with E-state index >= 15 is 0 Å². The van der Waals surface area contributed by atoms with Crippen LogP contribution in [0.5, 0.6) is 0 Å². The topological polar surface area (TPSA) is 73.2 Å². The molecular weight excluding hydrogens is 434 g/mol. The van der Waals surface area contributed by atoms with Gasteiger partial charge in [0.25, 0.3) is 0 Å². The lowest BCUT2D eigenvalue weighted by molar-refractivity contribution is 0.0898. The molecule has 0 saturated carbocycles. The van der Waals surface area contributed by atoms with E-state index in [-0.39, 0.29) is 4.90 Å². The maximum atomic E-state index is 12.7. The van der Waals surface area contributed by atoms with Crippen LogP contribution >= 0.6 is 15.9 Å². The van der Waals surface area contributed by atoms with Gasteiger partial charge < -0.3 is 9.30 Å². The first-order chi connectivity index (χ1) is 11.8. The van der Waals surface area contributed by atoms with Crippen LogP contribution in [0.2, 0.25) is 25.7 Å². The van der Waals surface area contributed by atoms with E-state index in [2.05, 4.69) is 45.3 Å². The summed E-state index contributed by atoms with van der Waals surface area (Å²) in [6.07, 6.45) is 1.68. The summed E-state index contributed by atoms with van der Waals surface area (Å²) in [5, 5.41) is 0. The van der Waals surface area contributed by atoms with Crippen molar-refractivity contribution in [2.24, 2.45) is 0 Å². The van der Waals surface area contributed by atoms with Crippen LogP contribution in [0, 0.1) is 0 Å². The maximum absolute atomic E-state index is 12.7. The number of halogens is 1. The van der Waals surface area contributed by atoms with Crippen molar-refractivity contribution in [1.82, 2.24) is 14.3 Å². The molecule has 0 fully saturated rings. The fourth-order valence-electron chi connectivity index (χ4n) is 2.36. The molecule has 1 N–H and O–H groups in total. The highest BCUT2D eigenvalue weighted by atomic mass is 79.9. The number of ether oxygens (including phenoxy) is 1. The van der Waals surface area contributed by atoms with Crippen molar-refractivity contribution in [1.29, 1.82) is 0 Å². The second-order valence-electron chi connectivity index (χ2n) is 8.69. The molecular formula is C17H28BrN3O3SSi. The van der Waals surface area contributed by atoms with Crippen molar-refractivity contribution in [3.63, 3.8) is 0 Å². The molecule has 1 heterocycles. The van der Waals surface area contributed by atoms with Gasteiger partial charge in [0.2, 0.25) is 10.0 Å². The molecule has 6 nitrogen and oxygen atoms in total. The average molecular weight is 462 g/mol. The molecule has 0 spiro atoms. The predicted octanol–water partition coefficient (Wildman–Crippen LogP) is 4.19. The fraction of sp³-hybridized carbons (Fsp3) is 0.588. The molecule has 0 saturated heterocycles. The van der Waals surface area contributed by atoms with Crippen molar-refractivity contribution in [2.45, 2.75) is 63.6 Å². The van der Waals surface area contributed by atoms with Crippen molar-refractivity contribution in [2.75, 3.05) is 6.61 Å². The summed E-state index contributed by atoms with van der Waals surface area (Å²) in [5.74, 6) is 0. The van der Waals surface area contributed by atoms with E-state index in [1.807, 2.05) is 25.3 Å². The lowest BCUT2D eigenvalue weighted by Crippen LogP contribution is -2.40. The van der Waals surface area contributed by atoms with E-state index in [1.54, 1.807) is 18.5 Å². The highest BCUT2D eigenvalue weighted by Gasteiger charge is 2.24. The van der Waals surface area contributed by atoms with Gasteiger partial charge in [0.15, 0.2) is 0 Å². The lowest BCUT2D eigenvalue weighted by Gasteiger charge is -2.20. The third-order valence-corrected chi connectivity index (χ3v) is 7.68. The molecule has 1 aromatic heterocycles. The van der Waals surface area contributed by atoms with Crippen molar-refractivity contribution in [3.05, 3.63) is 22.9 Å². The molecule has 2 aromatic rings. The Morgan fingerprint density at radius 3 is 2.50 bits per heavy atom. The number of nitrogens with zero attached hydrogens (tertiary/aromatic N) is 2. The van der Waals surface area contributed by atoms with E-state index in [4.69, 9.17) is 4.74 Å². The Bertz CT molecular complexity index is 883. The molecule has 26 heavy (non-hydrogen) atoms. The van der Waals surface area contributed by atoms with E-state index < -0.39 is 23.6 Å². The summed E-state index contributed by atoms with van der Waals surface area (Å²) >= 11 is 3.44. The highest BCUT2D eigenvalue weighted by molar-refractivity contribution is 9.10. The number of hydrogen-bond acceptors (Lipinski definition) is 4. The predicted molar refractivity (Wildman–Crippen MR) is 112 cm³/mol. The molecule has 0 radical (unpaired) electrons. The minimum absolute atomic E-state index is 0.204. The number of nitrogens with one attached hydrogen (secondary N) is 1. The van der Waals surface area contributed by atoms with Gasteiger partial charge in [0.05, 0.1) is 16.7 Å². The molecule has 0 bridgehead atoms. The summed E-state index contributed by atoms with van der Waals surface area (Å²) in [6, 6.07) is 4.31. The fourth-order valence-corrected chi connectivity index (χ4v) is 5.28. The van der Waals surface area contributed by atoms with E-state index in [9.17, 15) is 8.42 Å². The monoisotopic (exact) mass is 461 g/mol. The Morgan fingerprint density at radius 2 is 1.92 bits per heavy atom. The van der Waals surface area contributed by atoms with Gasteiger partial charge in [-0.1, -0.05) is 19.6 Å². The molecule has 0 atom stereocenters. The molecule has 9 heteroatoms. The quantitative estimate of drug-likeness (QED) is 0.495. The molecule has 146 valence electrons. The molecule has 0 amide bonds. The van der Waals surface area contributed by atoms with Crippen LogP contribution in [0.25, 0.3) is 11.0 Å². The standard InChI is InChI=1S/C17H28BrN3O3SSi/c1-17(2,3)20-25(22,23)13-9-14(18)16-15(10-13)21(11-19-16)12-24-7-8-26(4,5)6/h9-11,20H,7-8,12H2,1-6H3. The van der Waals surface area contributed by atoms with Crippen LogP contribution in [0.3, 0.4) is 0 Å². The number of imidazole rings is 1. The molecule has 0 aliphatic carbocycles. The Labute approximate surface area is 165 Å². The van der Waals surface area contributed by atoms with Crippen LogP contribution in [0.1, 0.15) is 20.8 Å². The van der Waals surface area contributed by atoms with E-state index in [1.165, 1.54) is 0 Å². The van der Waals surface area contributed by atoms with E-state index in [0.717, 1.165) is 11.6 Å². The van der Waals surface area contributed by atoms with Crippen molar-refractivity contribution >= 4 is 45.1 Å². The summed E-state index contributed by atoms with van der Waals surface area (Å²) in [6.45, 7) is 13.4. The minimum atomic E-state index is -3.63. The molecule has 0 unspecified atom stereocenters. The normalized spacial score (nSPS) is 13.5. The number of hydrogen-bond donors (Lipinski definition) is 1. The Balaban J connectivity index is 2.28. The SMILES string of the molecule is CC(C)(C)NS(=O)(=O)c1cc(Br)c2ncn(COCC[Si](C)(C)C)c2c1. The number of fused-ring (bicyclic) bond motifs is 1. The first-order valence-corrected chi connectivity index (χ1v) is 14.5. The molecule has 0 aliphatic heterocycles. The molecule has 1 aromatic carbocycles. The van der Waals surface area contributed by atoms with Gasteiger partial charge in [-0.2, -0.15) is 0 Å². The smallest absolute Gasteiger partial charge is 0.241 e. The first-order valence-electron chi connectivity index (χ1n) is 8.55. The zero-order valence-electron chi connectivity index (χ0n) is 16.3. The Kier molecular flexibility index (Phi) is 6.39. The van der Waals surface area contributed by atoms with Gasteiger partial charge in [-0.05, 0) is 54.9 Å². The number of aromatic nitrogens is 2. The van der Waals surface area contributed by atoms with Crippen LogP contribution in [0.15, 0.2) is 27.8 Å². The van der Waals surface area contributed by atoms with Gasteiger partial charge in [-0.15, -0.1) is 0 Å². The summed E-state index contributed by atoms with van der Waals surface area (Å²) in [7, 11) is -4.77. The van der Waals surface area contributed by atoms with Gasteiger partial charge >= 0.3 is 0 Å². The van der Waals surface area contributed by atoms with Crippen molar-refractivity contribution < 1.29 is 13.2 Å². The average Bonchev–Trinajstić information content (AvgIpc) is 2.84.